The van der Waals surface area contributed by atoms with Crippen LogP contribution in [0.2, 0.25) is 0 Å². The maximum absolute atomic E-state index is 13.9. The smallest absolute Gasteiger partial charge is 0.410 e. The molecule has 0 spiro atoms. The monoisotopic (exact) mass is 244 g/mol. The van der Waals surface area contributed by atoms with Crippen LogP contribution < -0.4 is 5.73 Å². The second kappa shape index (κ2) is 4.12. The average molecular weight is 244 g/mol. The van der Waals surface area contributed by atoms with E-state index in [1.165, 1.54) is 0 Å². The average Bonchev–Trinajstić information content (AvgIpc) is 2.51. The number of ether oxygens (including phenoxy) is 1. The van der Waals surface area contributed by atoms with E-state index >= 15 is 0 Å². The Labute approximate surface area is 101 Å². The first kappa shape index (κ1) is 12.6. The Kier molecular flexibility index (Phi) is 3.06. The summed E-state index contributed by atoms with van der Waals surface area (Å²) in [4.78, 5) is 13.6. The number of hydrogen-bond donors (Lipinski definition) is 1. The van der Waals surface area contributed by atoms with Crippen LogP contribution in [0.5, 0.6) is 0 Å². The molecule has 0 radical (unpaired) electrons. The molecule has 4 nitrogen and oxygen atoms in total. The molecule has 2 saturated heterocycles. The third kappa shape index (κ3) is 2.39. The van der Waals surface area contributed by atoms with Crippen molar-refractivity contribution < 1.29 is 13.9 Å². The van der Waals surface area contributed by atoms with Crippen molar-refractivity contribution in [3.63, 3.8) is 0 Å². The molecule has 2 aliphatic heterocycles. The van der Waals surface area contributed by atoms with Gasteiger partial charge in [0.1, 0.15) is 11.8 Å². The van der Waals surface area contributed by atoms with Crippen molar-refractivity contribution in [2.75, 3.05) is 0 Å². The predicted octanol–water partition coefficient (Wildman–Crippen LogP) is 1.82. The molecular formula is C12H21FN2O2. The SMILES string of the molecule is CC(C)(C)OC(=O)N1[C@H]2CC[C@@H]1[C@@H](F)[C@H](N)C2. The molecule has 98 valence electrons. The summed E-state index contributed by atoms with van der Waals surface area (Å²) in [5, 5.41) is 0. The Morgan fingerprint density at radius 1 is 1.41 bits per heavy atom. The second-order valence-corrected chi connectivity index (χ2v) is 6.03. The van der Waals surface area contributed by atoms with Gasteiger partial charge in [0.05, 0.1) is 6.04 Å². The molecule has 0 aromatic rings. The molecule has 0 aliphatic carbocycles. The first-order valence-corrected chi connectivity index (χ1v) is 6.20. The maximum atomic E-state index is 13.9. The molecule has 2 bridgehead atoms. The van der Waals surface area contributed by atoms with Gasteiger partial charge in [0, 0.05) is 12.1 Å². The molecule has 2 aliphatic rings. The molecule has 0 aromatic heterocycles. The normalized spacial score (nSPS) is 37.1. The number of halogens is 1. The van der Waals surface area contributed by atoms with Crippen LogP contribution in [0.15, 0.2) is 0 Å². The lowest BCUT2D eigenvalue weighted by atomic mass is 9.97. The van der Waals surface area contributed by atoms with Crippen molar-refractivity contribution in [3.8, 4) is 0 Å². The number of carbonyl (C=O) groups excluding carboxylic acids is 1. The van der Waals surface area contributed by atoms with Crippen molar-refractivity contribution in [1.82, 2.24) is 4.90 Å². The second-order valence-electron chi connectivity index (χ2n) is 6.03. The van der Waals surface area contributed by atoms with Crippen LogP contribution in [0.3, 0.4) is 0 Å². The number of piperidine rings is 1. The Morgan fingerprint density at radius 2 is 2.06 bits per heavy atom. The van der Waals surface area contributed by atoms with Gasteiger partial charge in [-0.2, -0.15) is 0 Å². The molecule has 2 fully saturated rings. The highest BCUT2D eigenvalue weighted by Gasteiger charge is 2.49. The minimum atomic E-state index is -1.12. The van der Waals surface area contributed by atoms with Gasteiger partial charge >= 0.3 is 6.09 Å². The lowest BCUT2D eigenvalue weighted by Crippen LogP contribution is -2.57. The first-order valence-electron chi connectivity index (χ1n) is 6.20. The Balaban J connectivity index is 2.10. The van der Waals surface area contributed by atoms with Crippen LogP contribution in [0.4, 0.5) is 9.18 Å². The standard InChI is InChI=1S/C12H21FN2O2/c1-12(2,3)17-11(16)15-7-4-5-9(15)10(13)8(14)6-7/h7-10H,4-6,14H2,1-3H3/t7-,8+,9+,10-/m0/s1. The number of alkyl halides is 1. The molecule has 0 saturated carbocycles. The van der Waals surface area contributed by atoms with Crippen molar-refractivity contribution in [2.45, 2.75) is 69.9 Å². The minimum absolute atomic E-state index is 0.0526. The Morgan fingerprint density at radius 3 is 2.65 bits per heavy atom. The van der Waals surface area contributed by atoms with E-state index in [1.54, 1.807) is 4.90 Å². The summed E-state index contributed by atoms with van der Waals surface area (Å²) in [7, 11) is 0. The highest BCUT2D eigenvalue weighted by molar-refractivity contribution is 5.70. The Hall–Kier alpha value is -0.840. The van der Waals surface area contributed by atoms with Gasteiger partial charge in [0.15, 0.2) is 0 Å². The van der Waals surface area contributed by atoms with Crippen LogP contribution in [0.25, 0.3) is 0 Å². The summed E-state index contributed by atoms with van der Waals surface area (Å²) in [6.07, 6.45) is 0.536. The Bertz CT molecular complexity index is 316. The molecule has 5 heteroatoms. The fourth-order valence-corrected chi connectivity index (χ4v) is 2.78. The number of carbonyl (C=O) groups is 1. The van der Waals surface area contributed by atoms with E-state index in [9.17, 15) is 9.18 Å². The zero-order chi connectivity index (χ0) is 12.8. The van der Waals surface area contributed by atoms with E-state index in [4.69, 9.17) is 10.5 Å². The van der Waals surface area contributed by atoms with E-state index in [0.717, 1.165) is 6.42 Å². The third-order valence-corrected chi connectivity index (χ3v) is 3.47. The van der Waals surface area contributed by atoms with E-state index in [2.05, 4.69) is 0 Å². The molecule has 2 N–H and O–H groups in total. The zero-order valence-electron chi connectivity index (χ0n) is 10.6. The van der Waals surface area contributed by atoms with Crippen LogP contribution >= 0.6 is 0 Å². The lowest BCUT2D eigenvalue weighted by molar-refractivity contribution is -0.00988. The molecule has 0 aromatic carbocycles. The van der Waals surface area contributed by atoms with E-state index in [0.29, 0.717) is 12.8 Å². The van der Waals surface area contributed by atoms with Crippen LogP contribution in [-0.2, 0) is 4.74 Å². The van der Waals surface area contributed by atoms with Crippen LogP contribution in [0, 0.1) is 0 Å². The summed E-state index contributed by atoms with van der Waals surface area (Å²) in [6, 6.07) is -0.776. The van der Waals surface area contributed by atoms with Gasteiger partial charge in [-0.15, -0.1) is 0 Å². The van der Waals surface area contributed by atoms with Crippen LogP contribution in [0.1, 0.15) is 40.0 Å². The van der Waals surface area contributed by atoms with Crippen molar-refractivity contribution in [2.24, 2.45) is 5.73 Å². The summed E-state index contributed by atoms with van der Waals surface area (Å²) in [5.74, 6) is 0. The van der Waals surface area contributed by atoms with Gasteiger partial charge in [0.25, 0.3) is 0 Å². The van der Waals surface area contributed by atoms with Gasteiger partial charge in [-0.3, -0.25) is 4.90 Å². The fraction of sp³-hybridized carbons (Fsp3) is 0.917. The van der Waals surface area contributed by atoms with E-state index < -0.39 is 29.9 Å². The quantitative estimate of drug-likeness (QED) is 0.707. The van der Waals surface area contributed by atoms with Gasteiger partial charge in [-0.25, -0.2) is 9.18 Å². The molecule has 2 heterocycles. The van der Waals surface area contributed by atoms with Crippen molar-refractivity contribution >= 4 is 6.09 Å². The van der Waals surface area contributed by atoms with Gasteiger partial charge in [-0.05, 0) is 40.0 Å². The number of rotatable bonds is 0. The summed E-state index contributed by atoms with van der Waals surface area (Å²) < 4.78 is 19.3. The number of amides is 1. The van der Waals surface area contributed by atoms with E-state index in [1.807, 2.05) is 20.8 Å². The number of hydrogen-bond acceptors (Lipinski definition) is 3. The van der Waals surface area contributed by atoms with Crippen molar-refractivity contribution in [3.05, 3.63) is 0 Å². The van der Waals surface area contributed by atoms with Gasteiger partial charge in [0.2, 0.25) is 0 Å². The maximum Gasteiger partial charge on any atom is 0.410 e. The van der Waals surface area contributed by atoms with Crippen LogP contribution in [-0.4, -0.2) is 40.9 Å². The highest BCUT2D eigenvalue weighted by atomic mass is 19.1. The number of nitrogens with two attached hydrogens (primary N) is 1. The number of fused-ring (bicyclic) bond motifs is 2. The molecule has 0 unspecified atom stereocenters. The highest BCUT2D eigenvalue weighted by Crippen LogP contribution is 2.37. The third-order valence-electron chi connectivity index (χ3n) is 3.47. The fourth-order valence-electron chi connectivity index (χ4n) is 2.78. The van der Waals surface area contributed by atoms with Crippen molar-refractivity contribution in [1.29, 1.82) is 0 Å². The summed E-state index contributed by atoms with van der Waals surface area (Å²) >= 11 is 0. The number of nitrogens with zero attached hydrogens (tertiary/aromatic N) is 1. The molecule has 4 atom stereocenters. The largest absolute Gasteiger partial charge is 0.444 e. The predicted molar refractivity (Wildman–Crippen MR) is 62.4 cm³/mol. The minimum Gasteiger partial charge on any atom is -0.444 e. The summed E-state index contributed by atoms with van der Waals surface area (Å²) in [5.41, 5.74) is 5.20. The molecule has 2 rings (SSSR count). The molecule has 17 heavy (non-hydrogen) atoms. The molecule has 1 amide bonds. The van der Waals surface area contributed by atoms with E-state index in [-0.39, 0.29) is 6.04 Å². The van der Waals surface area contributed by atoms with Gasteiger partial charge in [-0.1, -0.05) is 0 Å². The zero-order valence-corrected chi connectivity index (χ0v) is 10.6. The lowest BCUT2D eigenvalue weighted by Gasteiger charge is -2.40. The first-order chi connectivity index (χ1) is 7.79. The summed E-state index contributed by atoms with van der Waals surface area (Å²) in [6.45, 7) is 5.44. The van der Waals surface area contributed by atoms with Gasteiger partial charge < -0.3 is 10.5 Å². The topological polar surface area (TPSA) is 55.6 Å². The molecular weight excluding hydrogens is 223 g/mol.